The van der Waals surface area contributed by atoms with Crippen molar-refractivity contribution in [2.45, 2.75) is 13.8 Å². The summed E-state index contributed by atoms with van der Waals surface area (Å²) in [6.45, 7) is 6.52. The molecule has 0 amide bonds. The van der Waals surface area contributed by atoms with E-state index < -0.39 is 0 Å². The Balaban J connectivity index is 2.59. The van der Waals surface area contributed by atoms with Gasteiger partial charge in [-0.25, -0.2) is 0 Å². The van der Waals surface area contributed by atoms with Crippen LogP contribution in [0.1, 0.15) is 24.2 Å². The molecule has 2 heteroatoms. The molecule has 0 aliphatic carbocycles. The summed E-state index contributed by atoms with van der Waals surface area (Å²) in [5.41, 5.74) is 0.805. The number of hydrogen-bond acceptors (Lipinski definition) is 2. The standard InChI is InChI=1S/C12H17NO/c1-3-13(4-2)10-12(14)11-8-6-5-7-9-11/h5-9H,3-4,10H2,1-2H3. The lowest BCUT2D eigenvalue weighted by Crippen LogP contribution is -2.29. The van der Waals surface area contributed by atoms with Crippen LogP contribution in [-0.4, -0.2) is 30.3 Å². The van der Waals surface area contributed by atoms with Gasteiger partial charge in [-0.15, -0.1) is 0 Å². The first kappa shape index (κ1) is 10.9. The Morgan fingerprint density at radius 2 is 1.71 bits per heavy atom. The predicted molar refractivity (Wildman–Crippen MR) is 58.6 cm³/mol. The molecule has 2 nitrogen and oxygen atoms in total. The monoisotopic (exact) mass is 191 g/mol. The third-order valence-electron chi connectivity index (χ3n) is 2.36. The van der Waals surface area contributed by atoms with Gasteiger partial charge >= 0.3 is 0 Å². The Labute approximate surface area is 85.5 Å². The van der Waals surface area contributed by atoms with E-state index in [2.05, 4.69) is 18.7 Å². The van der Waals surface area contributed by atoms with Gasteiger partial charge in [0.2, 0.25) is 0 Å². The molecule has 0 atom stereocenters. The van der Waals surface area contributed by atoms with Crippen molar-refractivity contribution < 1.29 is 4.79 Å². The molecule has 0 spiro atoms. The molecule has 0 aromatic heterocycles. The molecule has 0 aliphatic heterocycles. The molecule has 0 fully saturated rings. The number of carbonyl (C=O) groups is 1. The van der Waals surface area contributed by atoms with Gasteiger partial charge in [-0.3, -0.25) is 9.69 Å². The highest BCUT2D eigenvalue weighted by atomic mass is 16.1. The largest absolute Gasteiger partial charge is 0.296 e. The van der Waals surface area contributed by atoms with Gasteiger partial charge in [-0.05, 0) is 13.1 Å². The number of ketones is 1. The van der Waals surface area contributed by atoms with Crippen molar-refractivity contribution in [2.75, 3.05) is 19.6 Å². The van der Waals surface area contributed by atoms with Crippen molar-refractivity contribution in [1.82, 2.24) is 4.90 Å². The minimum Gasteiger partial charge on any atom is -0.296 e. The zero-order valence-electron chi connectivity index (χ0n) is 8.86. The second-order valence-corrected chi connectivity index (χ2v) is 3.25. The van der Waals surface area contributed by atoms with Crippen molar-refractivity contribution in [3.05, 3.63) is 35.9 Å². The summed E-state index contributed by atoms with van der Waals surface area (Å²) < 4.78 is 0. The fourth-order valence-corrected chi connectivity index (χ4v) is 1.37. The molecular formula is C12H17NO. The van der Waals surface area contributed by atoms with E-state index in [0.29, 0.717) is 6.54 Å². The van der Waals surface area contributed by atoms with Gasteiger partial charge in [-0.2, -0.15) is 0 Å². The lowest BCUT2D eigenvalue weighted by Gasteiger charge is -2.16. The number of rotatable bonds is 5. The van der Waals surface area contributed by atoms with Crippen LogP contribution >= 0.6 is 0 Å². The smallest absolute Gasteiger partial charge is 0.176 e. The maximum absolute atomic E-state index is 11.7. The van der Waals surface area contributed by atoms with Crippen molar-refractivity contribution in [2.24, 2.45) is 0 Å². The zero-order chi connectivity index (χ0) is 10.4. The highest BCUT2D eigenvalue weighted by Gasteiger charge is 2.08. The highest BCUT2D eigenvalue weighted by molar-refractivity contribution is 5.97. The fraction of sp³-hybridized carbons (Fsp3) is 0.417. The van der Waals surface area contributed by atoms with Gasteiger partial charge in [0.25, 0.3) is 0 Å². The summed E-state index contributed by atoms with van der Waals surface area (Å²) in [5.74, 6) is 0.203. The number of hydrogen-bond donors (Lipinski definition) is 0. The summed E-state index contributed by atoms with van der Waals surface area (Å²) in [5, 5.41) is 0. The lowest BCUT2D eigenvalue weighted by atomic mass is 10.1. The van der Waals surface area contributed by atoms with Gasteiger partial charge in [-0.1, -0.05) is 44.2 Å². The molecule has 0 radical (unpaired) electrons. The molecule has 1 rings (SSSR count). The van der Waals surface area contributed by atoms with Crippen LogP contribution in [0.3, 0.4) is 0 Å². The van der Waals surface area contributed by atoms with Crippen LogP contribution in [0.2, 0.25) is 0 Å². The molecule has 0 aliphatic rings. The van der Waals surface area contributed by atoms with Gasteiger partial charge < -0.3 is 0 Å². The van der Waals surface area contributed by atoms with Crippen LogP contribution in [0.4, 0.5) is 0 Å². The van der Waals surface area contributed by atoms with E-state index in [1.54, 1.807) is 0 Å². The number of benzene rings is 1. The molecule has 0 bridgehead atoms. The minimum absolute atomic E-state index is 0.203. The second kappa shape index (κ2) is 5.55. The van der Waals surface area contributed by atoms with Crippen LogP contribution in [0.5, 0.6) is 0 Å². The number of nitrogens with zero attached hydrogens (tertiary/aromatic N) is 1. The van der Waals surface area contributed by atoms with Gasteiger partial charge in [0.1, 0.15) is 0 Å². The molecule has 76 valence electrons. The van der Waals surface area contributed by atoms with Crippen molar-refractivity contribution in [3.8, 4) is 0 Å². The van der Waals surface area contributed by atoms with E-state index in [0.717, 1.165) is 18.7 Å². The average molecular weight is 191 g/mol. The van der Waals surface area contributed by atoms with E-state index in [1.165, 1.54) is 0 Å². The number of likely N-dealkylation sites (N-methyl/N-ethyl adjacent to an activating group) is 1. The molecule has 0 heterocycles. The second-order valence-electron chi connectivity index (χ2n) is 3.25. The minimum atomic E-state index is 0.203. The van der Waals surface area contributed by atoms with E-state index in [9.17, 15) is 4.79 Å². The summed E-state index contributed by atoms with van der Waals surface area (Å²) in [7, 11) is 0. The molecule has 0 N–H and O–H groups in total. The van der Waals surface area contributed by atoms with E-state index in [4.69, 9.17) is 0 Å². The number of Topliss-reactive ketones (excluding diaryl/α,β-unsaturated/α-hetero) is 1. The maximum Gasteiger partial charge on any atom is 0.176 e. The van der Waals surface area contributed by atoms with Gasteiger partial charge in [0.15, 0.2) is 5.78 Å². The third-order valence-corrected chi connectivity index (χ3v) is 2.36. The Morgan fingerprint density at radius 3 is 2.21 bits per heavy atom. The van der Waals surface area contributed by atoms with Crippen LogP contribution in [-0.2, 0) is 0 Å². The molecule has 14 heavy (non-hydrogen) atoms. The fourth-order valence-electron chi connectivity index (χ4n) is 1.37. The summed E-state index contributed by atoms with van der Waals surface area (Å²) >= 11 is 0. The highest BCUT2D eigenvalue weighted by Crippen LogP contribution is 2.01. The molecule has 1 aromatic rings. The summed E-state index contributed by atoms with van der Waals surface area (Å²) in [4.78, 5) is 13.9. The summed E-state index contributed by atoms with van der Waals surface area (Å²) in [6, 6.07) is 9.46. The van der Waals surface area contributed by atoms with E-state index in [-0.39, 0.29) is 5.78 Å². The SMILES string of the molecule is CCN(CC)CC(=O)c1ccccc1. The Hall–Kier alpha value is -1.15. The predicted octanol–water partition coefficient (Wildman–Crippen LogP) is 2.21. The van der Waals surface area contributed by atoms with Crippen molar-refractivity contribution in [3.63, 3.8) is 0 Å². The van der Waals surface area contributed by atoms with E-state index >= 15 is 0 Å². The Kier molecular flexibility index (Phi) is 4.33. The molecule has 0 unspecified atom stereocenters. The molecule has 0 saturated heterocycles. The van der Waals surface area contributed by atoms with Gasteiger partial charge in [0, 0.05) is 5.56 Å². The lowest BCUT2D eigenvalue weighted by molar-refractivity contribution is 0.0937. The Bertz CT molecular complexity index is 278. The Morgan fingerprint density at radius 1 is 1.14 bits per heavy atom. The van der Waals surface area contributed by atoms with Crippen molar-refractivity contribution >= 4 is 5.78 Å². The quantitative estimate of drug-likeness (QED) is 0.665. The average Bonchev–Trinajstić information content (AvgIpc) is 2.26. The first-order valence-electron chi connectivity index (χ1n) is 5.08. The molecular weight excluding hydrogens is 174 g/mol. The third kappa shape index (κ3) is 2.96. The number of carbonyl (C=O) groups excluding carboxylic acids is 1. The molecule has 0 saturated carbocycles. The normalized spacial score (nSPS) is 10.5. The van der Waals surface area contributed by atoms with E-state index in [1.807, 2.05) is 30.3 Å². The first-order chi connectivity index (χ1) is 6.77. The zero-order valence-corrected chi connectivity index (χ0v) is 8.86. The van der Waals surface area contributed by atoms with Crippen molar-refractivity contribution in [1.29, 1.82) is 0 Å². The van der Waals surface area contributed by atoms with Crippen LogP contribution in [0, 0.1) is 0 Å². The van der Waals surface area contributed by atoms with Crippen LogP contribution < -0.4 is 0 Å². The van der Waals surface area contributed by atoms with Gasteiger partial charge in [0.05, 0.1) is 6.54 Å². The first-order valence-corrected chi connectivity index (χ1v) is 5.08. The molecule has 1 aromatic carbocycles. The maximum atomic E-state index is 11.7. The summed E-state index contributed by atoms with van der Waals surface area (Å²) in [6.07, 6.45) is 0. The van der Waals surface area contributed by atoms with Crippen LogP contribution in [0.15, 0.2) is 30.3 Å². The van der Waals surface area contributed by atoms with Crippen LogP contribution in [0.25, 0.3) is 0 Å². The topological polar surface area (TPSA) is 20.3 Å².